The summed E-state index contributed by atoms with van der Waals surface area (Å²) in [5, 5.41) is 5.07. The molecule has 0 unspecified atom stereocenters. The summed E-state index contributed by atoms with van der Waals surface area (Å²) in [6.07, 6.45) is 5.55. The van der Waals surface area contributed by atoms with Gasteiger partial charge in [-0.05, 0) is 18.2 Å². The lowest BCUT2D eigenvalue weighted by Crippen LogP contribution is -2.26. The van der Waals surface area contributed by atoms with Crippen LogP contribution in [0.2, 0.25) is 0 Å². The van der Waals surface area contributed by atoms with E-state index in [4.69, 9.17) is 0 Å². The summed E-state index contributed by atoms with van der Waals surface area (Å²) in [6.45, 7) is 0.549. The van der Waals surface area contributed by atoms with E-state index in [1.807, 2.05) is 43.7 Å². The standard InChI is InChI=1S/C15H16N4O/c1-18(9-11-8-17-19(2)10-11)15(20)13-4-3-5-14-12(13)6-7-16-14/h3-8,10,16H,9H2,1-2H3. The Kier molecular flexibility index (Phi) is 3.02. The molecule has 3 rings (SSSR count). The number of H-pyrrole nitrogens is 1. The van der Waals surface area contributed by atoms with Crippen LogP contribution >= 0.6 is 0 Å². The second-order valence-electron chi connectivity index (χ2n) is 4.93. The first-order valence-corrected chi connectivity index (χ1v) is 6.44. The summed E-state index contributed by atoms with van der Waals surface area (Å²) in [6, 6.07) is 7.65. The first kappa shape index (κ1) is 12.5. The highest BCUT2D eigenvalue weighted by Gasteiger charge is 2.15. The van der Waals surface area contributed by atoms with Gasteiger partial charge in [0.15, 0.2) is 0 Å². The van der Waals surface area contributed by atoms with Gasteiger partial charge in [-0.2, -0.15) is 5.10 Å². The number of aromatic amines is 1. The van der Waals surface area contributed by atoms with Crippen LogP contribution in [0, 0.1) is 0 Å². The largest absolute Gasteiger partial charge is 0.361 e. The molecule has 0 aliphatic heterocycles. The van der Waals surface area contributed by atoms with Gasteiger partial charge in [0.25, 0.3) is 5.91 Å². The molecule has 2 aromatic heterocycles. The Balaban J connectivity index is 1.86. The number of nitrogens with zero attached hydrogens (tertiary/aromatic N) is 3. The zero-order chi connectivity index (χ0) is 14.1. The number of amides is 1. The summed E-state index contributed by atoms with van der Waals surface area (Å²) in [5.74, 6) is 0.0130. The Morgan fingerprint density at radius 2 is 2.25 bits per heavy atom. The molecule has 0 saturated heterocycles. The van der Waals surface area contributed by atoms with E-state index in [9.17, 15) is 4.79 Å². The van der Waals surface area contributed by atoms with Crippen molar-refractivity contribution in [1.29, 1.82) is 0 Å². The molecule has 0 aliphatic carbocycles. The highest BCUT2D eigenvalue weighted by atomic mass is 16.2. The Bertz CT molecular complexity index is 756. The number of hydrogen-bond donors (Lipinski definition) is 1. The maximum atomic E-state index is 12.6. The van der Waals surface area contributed by atoms with Crippen LogP contribution in [0.1, 0.15) is 15.9 Å². The van der Waals surface area contributed by atoms with Gasteiger partial charge in [-0.1, -0.05) is 6.07 Å². The molecule has 0 atom stereocenters. The molecule has 0 fully saturated rings. The van der Waals surface area contributed by atoms with Crippen LogP contribution in [0.25, 0.3) is 10.9 Å². The van der Waals surface area contributed by atoms with Crippen molar-refractivity contribution in [3.05, 3.63) is 54.0 Å². The number of rotatable bonds is 3. The van der Waals surface area contributed by atoms with Gasteiger partial charge in [-0.25, -0.2) is 0 Å². The first-order chi connectivity index (χ1) is 9.65. The Hall–Kier alpha value is -2.56. The zero-order valence-electron chi connectivity index (χ0n) is 11.5. The molecule has 20 heavy (non-hydrogen) atoms. The molecule has 0 aliphatic rings. The molecule has 3 aromatic rings. The Labute approximate surface area is 116 Å². The SMILES string of the molecule is CN(Cc1cnn(C)c1)C(=O)c1cccc2[nH]ccc12. The van der Waals surface area contributed by atoms with Crippen molar-refractivity contribution < 1.29 is 4.79 Å². The number of benzene rings is 1. The van der Waals surface area contributed by atoms with Crippen LogP contribution in [0.15, 0.2) is 42.9 Å². The molecule has 0 radical (unpaired) electrons. The van der Waals surface area contributed by atoms with Gasteiger partial charge in [0, 0.05) is 55.1 Å². The summed E-state index contributed by atoms with van der Waals surface area (Å²) >= 11 is 0. The summed E-state index contributed by atoms with van der Waals surface area (Å²) in [7, 11) is 3.67. The lowest BCUT2D eigenvalue weighted by atomic mass is 10.1. The highest BCUT2D eigenvalue weighted by Crippen LogP contribution is 2.19. The van der Waals surface area contributed by atoms with E-state index in [0.29, 0.717) is 6.54 Å². The molecule has 2 heterocycles. The van der Waals surface area contributed by atoms with Crippen molar-refractivity contribution >= 4 is 16.8 Å². The molecule has 0 saturated carbocycles. The van der Waals surface area contributed by atoms with E-state index in [0.717, 1.165) is 22.0 Å². The Morgan fingerprint density at radius 1 is 1.40 bits per heavy atom. The predicted octanol–water partition coefficient (Wildman–Crippen LogP) is 2.17. The van der Waals surface area contributed by atoms with Crippen molar-refractivity contribution in [3.8, 4) is 0 Å². The van der Waals surface area contributed by atoms with E-state index in [-0.39, 0.29) is 5.91 Å². The smallest absolute Gasteiger partial charge is 0.254 e. The molecular weight excluding hydrogens is 252 g/mol. The third-order valence-corrected chi connectivity index (χ3v) is 3.35. The van der Waals surface area contributed by atoms with Gasteiger partial charge in [0.05, 0.1) is 6.20 Å². The lowest BCUT2D eigenvalue weighted by molar-refractivity contribution is 0.0787. The normalized spacial score (nSPS) is 10.9. The van der Waals surface area contributed by atoms with Gasteiger partial charge in [0.1, 0.15) is 0 Å². The van der Waals surface area contributed by atoms with E-state index in [1.165, 1.54) is 0 Å². The van der Waals surface area contributed by atoms with Crippen LogP contribution < -0.4 is 0 Å². The molecule has 0 spiro atoms. The average Bonchev–Trinajstić information content (AvgIpc) is 3.06. The van der Waals surface area contributed by atoms with E-state index < -0.39 is 0 Å². The average molecular weight is 268 g/mol. The van der Waals surface area contributed by atoms with Crippen LogP contribution in [-0.2, 0) is 13.6 Å². The van der Waals surface area contributed by atoms with Crippen molar-refractivity contribution in [3.63, 3.8) is 0 Å². The van der Waals surface area contributed by atoms with Crippen molar-refractivity contribution in [2.75, 3.05) is 7.05 Å². The fourth-order valence-electron chi connectivity index (χ4n) is 2.38. The quantitative estimate of drug-likeness (QED) is 0.791. The predicted molar refractivity (Wildman–Crippen MR) is 77.3 cm³/mol. The summed E-state index contributed by atoms with van der Waals surface area (Å²) in [5.41, 5.74) is 2.71. The fourth-order valence-corrected chi connectivity index (χ4v) is 2.38. The number of hydrogen-bond acceptors (Lipinski definition) is 2. The van der Waals surface area contributed by atoms with Gasteiger partial charge in [-0.3, -0.25) is 9.48 Å². The minimum absolute atomic E-state index is 0.0130. The molecule has 102 valence electrons. The molecule has 1 aromatic carbocycles. The van der Waals surface area contributed by atoms with Crippen LogP contribution in [0.5, 0.6) is 0 Å². The maximum Gasteiger partial charge on any atom is 0.254 e. The third kappa shape index (κ3) is 2.18. The lowest BCUT2D eigenvalue weighted by Gasteiger charge is -2.16. The maximum absolute atomic E-state index is 12.6. The van der Waals surface area contributed by atoms with Crippen LogP contribution in [0.4, 0.5) is 0 Å². The highest BCUT2D eigenvalue weighted by molar-refractivity contribution is 6.06. The third-order valence-electron chi connectivity index (χ3n) is 3.35. The molecular formula is C15H16N4O. The molecule has 5 nitrogen and oxygen atoms in total. The molecule has 1 amide bonds. The van der Waals surface area contributed by atoms with Crippen molar-refractivity contribution in [2.24, 2.45) is 7.05 Å². The van der Waals surface area contributed by atoms with E-state index in [2.05, 4.69) is 10.1 Å². The molecule has 0 bridgehead atoms. The van der Waals surface area contributed by atoms with Crippen LogP contribution in [-0.4, -0.2) is 32.6 Å². The van der Waals surface area contributed by atoms with E-state index >= 15 is 0 Å². The second-order valence-corrected chi connectivity index (χ2v) is 4.93. The van der Waals surface area contributed by atoms with Crippen LogP contribution in [0.3, 0.4) is 0 Å². The monoisotopic (exact) mass is 268 g/mol. The summed E-state index contributed by atoms with van der Waals surface area (Å²) < 4.78 is 1.74. The molecule has 1 N–H and O–H groups in total. The fraction of sp³-hybridized carbons (Fsp3) is 0.200. The number of fused-ring (bicyclic) bond motifs is 1. The van der Waals surface area contributed by atoms with Gasteiger partial charge in [0.2, 0.25) is 0 Å². The van der Waals surface area contributed by atoms with Gasteiger partial charge < -0.3 is 9.88 Å². The number of carbonyl (C=O) groups excluding carboxylic acids is 1. The number of carbonyl (C=O) groups is 1. The summed E-state index contributed by atoms with van der Waals surface area (Å²) in [4.78, 5) is 17.4. The number of aromatic nitrogens is 3. The van der Waals surface area contributed by atoms with E-state index in [1.54, 1.807) is 22.8 Å². The molecule has 5 heteroatoms. The van der Waals surface area contributed by atoms with Gasteiger partial charge in [-0.15, -0.1) is 0 Å². The van der Waals surface area contributed by atoms with Crippen molar-refractivity contribution in [2.45, 2.75) is 6.54 Å². The Morgan fingerprint density at radius 3 is 3.00 bits per heavy atom. The van der Waals surface area contributed by atoms with Gasteiger partial charge >= 0.3 is 0 Å². The van der Waals surface area contributed by atoms with Crippen molar-refractivity contribution in [1.82, 2.24) is 19.7 Å². The number of nitrogens with one attached hydrogen (secondary N) is 1. The topological polar surface area (TPSA) is 53.9 Å². The minimum Gasteiger partial charge on any atom is -0.361 e. The first-order valence-electron chi connectivity index (χ1n) is 6.44. The zero-order valence-corrected chi connectivity index (χ0v) is 11.5. The number of aryl methyl sites for hydroxylation is 1. The second kappa shape index (κ2) is 4.85. The minimum atomic E-state index is 0.0130.